The maximum absolute atomic E-state index is 13.1. The first-order chi connectivity index (χ1) is 15.0. The van der Waals surface area contributed by atoms with Crippen molar-refractivity contribution in [2.24, 2.45) is 47.3 Å². The SMILES string of the molecule is CCCCN(CN1C(=O)[C@H]2[C@H](C1=O)[C@H]1C=C[C@H]2C1)CN1C(=O)[C@H]2[C@H](C1=O)[C@H]1C=C[C@H]2C1. The van der Waals surface area contributed by atoms with Crippen molar-refractivity contribution < 1.29 is 19.2 Å². The topological polar surface area (TPSA) is 78.0 Å². The van der Waals surface area contributed by atoms with Crippen LogP contribution >= 0.6 is 0 Å². The van der Waals surface area contributed by atoms with Crippen LogP contribution in [0.5, 0.6) is 0 Å². The number of unbranched alkanes of at least 4 members (excludes halogenated alkanes) is 1. The van der Waals surface area contributed by atoms with Crippen molar-refractivity contribution in [3.63, 3.8) is 0 Å². The van der Waals surface area contributed by atoms with Crippen LogP contribution < -0.4 is 0 Å². The molecule has 7 nitrogen and oxygen atoms in total. The summed E-state index contributed by atoms with van der Waals surface area (Å²) in [6.07, 6.45) is 12.0. The van der Waals surface area contributed by atoms with Crippen LogP contribution in [0, 0.1) is 47.3 Å². The highest BCUT2D eigenvalue weighted by Gasteiger charge is 2.61. The van der Waals surface area contributed by atoms with Crippen LogP contribution in [0.4, 0.5) is 0 Å². The molecule has 0 radical (unpaired) electrons. The molecule has 31 heavy (non-hydrogen) atoms. The summed E-state index contributed by atoms with van der Waals surface area (Å²) in [7, 11) is 0. The lowest BCUT2D eigenvalue weighted by Crippen LogP contribution is -2.49. The molecule has 6 aliphatic rings. The summed E-state index contributed by atoms with van der Waals surface area (Å²) in [6.45, 7) is 3.06. The normalized spacial score (nSPS) is 41.6. The van der Waals surface area contributed by atoms with Crippen molar-refractivity contribution in [2.75, 3.05) is 19.9 Å². The minimum atomic E-state index is -0.216. The van der Waals surface area contributed by atoms with E-state index in [1.165, 1.54) is 9.80 Å². The molecule has 2 heterocycles. The largest absolute Gasteiger partial charge is 0.274 e. The summed E-state index contributed by atoms with van der Waals surface area (Å²) in [4.78, 5) is 57.2. The van der Waals surface area contributed by atoms with Crippen LogP contribution in [0.25, 0.3) is 0 Å². The minimum Gasteiger partial charge on any atom is -0.274 e. The van der Waals surface area contributed by atoms with E-state index in [0.29, 0.717) is 6.54 Å². The standard InChI is InChI=1S/C24H29N3O4/c1-2-3-8-25(11-26-21(28)17-13-4-5-14(9-13)18(17)22(26)29)12-27-23(30)19-15-6-7-16(10-15)20(19)24(27)31/h4-7,13-20H,2-3,8-12H2,1H3/t13-,14-,15-,16-,17+,18+,19+,20+/m0/s1. The molecule has 4 fully saturated rings. The van der Waals surface area contributed by atoms with Crippen LogP contribution in [0.15, 0.2) is 24.3 Å². The van der Waals surface area contributed by atoms with Crippen molar-refractivity contribution in [3.05, 3.63) is 24.3 Å². The monoisotopic (exact) mass is 423 g/mol. The van der Waals surface area contributed by atoms with Gasteiger partial charge in [-0.15, -0.1) is 0 Å². The molecule has 4 bridgehead atoms. The number of hydrogen-bond donors (Lipinski definition) is 0. The molecule has 8 atom stereocenters. The fourth-order valence-electron chi connectivity index (χ4n) is 7.17. The zero-order valence-electron chi connectivity index (χ0n) is 17.9. The second-order valence-corrected chi connectivity index (χ2v) is 10.2. The average molecular weight is 424 g/mol. The van der Waals surface area contributed by atoms with Crippen molar-refractivity contribution >= 4 is 23.6 Å². The van der Waals surface area contributed by atoms with E-state index < -0.39 is 0 Å². The number of allylic oxidation sites excluding steroid dienone is 4. The van der Waals surface area contributed by atoms with Crippen molar-refractivity contribution in [3.8, 4) is 0 Å². The van der Waals surface area contributed by atoms with E-state index in [1.54, 1.807) is 0 Å². The third kappa shape index (κ3) is 2.62. The summed E-state index contributed by atoms with van der Waals surface area (Å²) >= 11 is 0. The van der Waals surface area contributed by atoms with E-state index in [9.17, 15) is 19.2 Å². The lowest BCUT2D eigenvalue weighted by atomic mass is 9.85. The summed E-state index contributed by atoms with van der Waals surface area (Å²) in [5.41, 5.74) is 0. The van der Waals surface area contributed by atoms with Gasteiger partial charge in [0.15, 0.2) is 0 Å². The molecule has 0 aromatic rings. The van der Waals surface area contributed by atoms with Gasteiger partial charge in [0.25, 0.3) is 0 Å². The molecule has 2 saturated carbocycles. The predicted molar refractivity (Wildman–Crippen MR) is 110 cm³/mol. The van der Waals surface area contributed by atoms with E-state index in [0.717, 1.165) is 25.7 Å². The highest BCUT2D eigenvalue weighted by atomic mass is 16.2. The molecule has 4 amide bonds. The quantitative estimate of drug-likeness (QED) is 0.459. The number of amides is 4. The van der Waals surface area contributed by atoms with Crippen LogP contribution in [0.1, 0.15) is 32.6 Å². The Kier molecular flexibility index (Phi) is 4.29. The zero-order valence-corrected chi connectivity index (χ0v) is 17.9. The Morgan fingerprint density at radius 2 is 1.06 bits per heavy atom. The van der Waals surface area contributed by atoms with Gasteiger partial charge in [-0.05, 0) is 42.9 Å². The Morgan fingerprint density at radius 1 is 0.710 bits per heavy atom. The van der Waals surface area contributed by atoms with Crippen LogP contribution in [0.2, 0.25) is 0 Å². The number of rotatable bonds is 7. The van der Waals surface area contributed by atoms with E-state index in [1.807, 2.05) is 4.90 Å². The first-order valence-electron chi connectivity index (χ1n) is 11.8. The number of hydrogen-bond acceptors (Lipinski definition) is 5. The first kappa shape index (κ1) is 19.4. The second-order valence-electron chi connectivity index (χ2n) is 10.2. The Morgan fingerprint density at radius 3 is 1.39 bits per heavy atom. The van der Waals surface area contributed by atoms with Crippen LogP contribution in [-0.4, -0.2) is 58.2 Å². The van der Waals surface area contributed by atoms with E-state index in [-0.39, 0.29) is 84.3 Å². The third-order valence-electron chi connectivity index (χ3n) is 8.63. The number of likely N-dealkylation sites (tertiary alicyclic amines) is 2. The Labute approximate surface area is 182 Å². The Hall–Kier alpha value is -2.28. The molecule has 0 aromatic heterocycles. The van der Waals surface area contributed by atoms with Crippen molar-refractivity contribution in [1.29, 1.82) is 0 Å². The molecule has 0 spiro atoms. The molecule has 4 aliphatic carbocycles. The number of imide groups is 2. The van der Waals surface area contributed by atoms with E-state index >= 15 is 0 Å². The maximum Gasteiger partial charge on any atom is 0.234 e. The molecule has 0 aromatic carbocycles. The number of carbonyl (C=O) groups is 4. The van der Waals surface area contributed by atoms with Gasteiger partial charge in [-0.25, -0.2) is 0 Å². The first-order valence-corrected chi connectivity index (χ1v) is 11.8. The van der Waals surface area contributed by atoms with Crippen molar-refractivity contribution in [1.82, 2.24) is 14.7 Å². The van der Waals surface area contributed by atoms with Gasteiger partial charge in [0.2, 0.25) is 23.6 Å². The van der Waals surface area contributed by atoms with Gasteiger partial charge in [-0.3, -0.25) is 33.9 Å². The summed E-state index contributed by atoms with van der Waals surface area (Å²) in [5.74, 6) is -0.434. The third-order valence-corrected chi connectivity index (χ3v) is 8.63. The zero-order chi connectivity index (χ0) is 21.4. The smallest absolute Gasteiger partial charge is 0.234 e. The number of fused-ring (bicyclic) bond motifs is 10. The highest BCUT2D eigenvalue weighted by molar-refractivity contribution is 6.07. The summed E-state index contributed by atoms with van der Waals surface area (Å²) in [6, 6.07) is 0. The Balaban J connectivity index is 1.19. The van der Waals surface area contributed by atoms with E-state index in [4.69, 9.17) is 0 Å². The maximum atomic E-state index is 13.1. The average Bonchev–Trinajstić information content (AvgIpc) is 3.59. The molecule has 0 N–H and O–H groups in total. The van der Waals surface area contributed by atoms with Gasteiger partial charge in [-0.1, -0.05) is 37.6 Å². The second kappa shape index (κ2) is 6.86. The van der Waals surface area contributed by atoms with Gasteiger partial charge >= 0.3 is 0 Å². The predicted octanol–water partition coefficient (Wildman–Crippen LogP) is 1.62. The molecule has 2 saturated heterocycles. The number of nitrogens with zero attached hydrogens (tertiary/aromatic N) is 3. The van der Waals surface area contributed by atoms with Gasteiger partial charge in [-0.2, -0.15) is 0 Å². The lowest BCUT2D eigenvalue weighted by molar-refractivity contribution is -0.146. The van der Waals surface area contributed by atoms with Crippen LogP contribution in [0.3, 0.4) is 0 Å². The molecular weight excluding hydrogens is 394 g/mol. The molecule has 0 unspecified atom stereocenters. The van der Waals surface area contributed by atoms with Gasteiger partial charge in [0.05, 0.1) is 37.0 Å². The summed E-state index contributed by atoms with van der Waals surface area (Å²) < 4.78 is 0. The van der Waals surface area contributed by atoms with E-state index in [2.05, 4.69) is 31.2 Å². The van der Waals surface area contributed by atoms with Crippen LogP contribution in [-0.2, 0) is 19.2 Å². The fourth-order valence-corrected chi connectivity index (χ4v) is 7.17. The van der Waals surface area contributed by atoms with Crippen molar-refractivity contribution in [2.45, 2.75) is 32.6 Å². The molecule has 6 rings (SSSR count). The minimum absolute atomic E-state index is 0.0773. The fraction of sp³-hybridized carbons (Fsp3) is 0.667. The van der Waals surface area contributed by atoms with Gasteiger partial charge in [0, 0.05) is 6.54 Å². The molecule has 164 valence electrons. The highest BCUT2D eigenvalue weighted by Crippen LogP contribution is 2.53. The Bertz CT molecular complexity index is 796. The molecular formula is C24H29N3O4. The van der Waals surface area contributed by atoms with Gasteiger partial charge < -0.3 is 0 Å². The number of carbonyl (C=O) groups excluding carboxylic acids is 4. The molecule has 7 heteroatoms. The lowest BCUT2D eigenvalue weighted by Gasteiger charge is -2.31. The summed E-state index contributed by atoms with van der Waals surface area (Å²) in [5, 5.41) is 0. The molecule has 2 aliphatic heterocycles. The van der Waals surface area contributed by atoms with Gasteiger partial charge in [0.1, 0.15) is 0 Å².